The van der Waals surface area contributed by atoms with Gasteiger partial charge in [0, 0.05) is 12.6 Å². The molecule has 0 aliphatic rings. The van der Waals surface area contributed by atoms with Crippen molar-refractivity contribution in [2.45, 2.75) is 13.0 Å². The van der Waals surface area contributed by atoms with Crippen LogP contribution < -0.4 is 10.5 Å². The first-order valence-corrected chi connectivity index (χ1v) is 5.15. The molecule has 0 radical (unpaired) electrons. The van der Waals surface area contributed by atoms with Gasteiger partial charge in [-0.05, 0) is 32.6 Å². The van der Waals surface area contributed by atoms with Gasteiger partial charge in [-0.3, -0.25) is 0 Å². The molecule has 15 heavy (non-hydrogen) atoms. The first-order valence-electron chi connectivity index (χ1n) is 5.15. The molecule has 0 atom stereocenters. The van der Waals surface area contributed by atoms with Crippen LogP contribution in [0, 0.1) is 0 Å². The molecule has 0 aromatic carbocycles. The van der Waals surface area contributed by atoms with Crippen LogP contribution in [0.25, 0.3) is 0 Å². The number of rotatable bonds is 6. The summed E-state index contributed by atoms with van der Waals surface area (Å²) in [6.45, 7) is 2.56. The largest absolute Gasteiger partial charge is 0.481 e. The summed E-state index contributed by atoms with van der Waals surface area (Å²) < 4.78 is 5.07. The highest BCUT2D eigenvalue weighted by Gasteiger charge is 2.01. The third-order valence-electron chi connectivity index (χ3n) is 2.17. The van der Waals surface area contributed by atoms with Crippen molar-refractivity contribution in [1.29, 1.82) is 0 Å². The second-order valence-electron chi connectivity index (χ2n) is 3.55. The van der Waals surface area contributed by atoms with Crippen molar-refractivity contribution in [3.63, 3.8) is 0 Å². The maximum absolute atomic E-state index is 5.45. The lowest BCUT2D eigenvalue weighted by Gasteiger charge is -2.15. The number of methoxy groups -OCH3 is 1. The molecule has 0 fully saturated rings. The van der Waals surface area contributed by atoms with E-state index in [-0.39, 0.29) is 0 Å². The minimum absolute atomic E-state index is 0.666. The zero-order valence-corrected chi connectivity index (χ0v) is 9.44. The van der Waals surface area contributed by atoms with Gasteiger partial charge in [-0.2, -0.15) is 0 Å². The third-order valence-corrected chi connectivity index (χ3v) is 2.17. The zero-order chi connectivity index (χ0) is 11.1. The van der Waals surface area contributed by atoms with E-state index in [1.165, 1.54) is 0 Å². The van der Waals surface area contributed by atoms with Gasteiger partial charge in [-0.15, -0.1) is 0 Å². The molecule has 4 nitrogen and oxygen atoms in total. The van der Waals surface area contributed by atoms with Crippen molar-refractivity contribution in [3.05, 3.63) is 23.9 Å². The summed E-state index contributed by atoms with van der Waals surface area (Å²) in [6, 6.07) is 5.81. The Balaban J connectivity index is 2.48. The fourth-order valence-corrected chi connectivity index (χ4v) is 1.38. The Morgan fingerprint density at radius 3 is 2.93 bits per heavy atom. The Hall–Kier alpha value is -1.13. The van der Waals surface area contributed by atoms with E-state index >= 15 is 0 Å². The monoisotopic (exact) mass is 209 g/mol. The predicted octanol–water partition coefficient (Wildman–Crippen LogP) is 0.871. The van der Waals surface area contributed by atoms with Gasteiger partial charge in [-0.1, -0.05) is 6.07 Å². The lowest BCUT2D eigenvalue weighted by atomic mass is 10.3. The summed E-state index contributed by atoms with van der Waals surface area (Å²) >= 11 is 0. The van der Waals surface area contributed by atoms with Gasteiger partial charge in [0.25, 0.3) is 0 Å². The summed E-state index contributed by atoms with van der Waals surface area (Å²) in [7, 11) is 3.70. The highest BCUT2D eigenvalue weighted by Crippen LogP contribution is 2.08. The number of nitrogens with zero attached hydrogens (tertiary/aromatic N) is 2. The summed E-state index contributed by atoms with van der Waals surface area (Å²) in [5.74, 6) is 0.666. The summed E-state index contributed by atoms with van der Waals surface area (Å²) in [5, 5.41) is 0. The van der Waals surface area contributed by atoms with Gasteiger partial charge in [-0.25, -0.2) is 4.98 Å². The molecule has 1 heterocycles. The molecule has 0 spiro atoms. The quantitative estimate of drug-likeness (QED) is 0.755. The van der Waals surface area contributed by atoms with E-state index in [0.717, 1.165) is 31.7 Å². The van der Waals surface area contributed by atoms with E-state index in [1.807, 2.05) is 18.2 Å². The second-order valence-corrected chi connectivity index (χ2v) is 3.55. The van der Waals surface area contributed by atoms with Crippen molar-refractivity contribution in [2.75, 3.05) is 27.2 Å². The minimum atomic E-state index is 0.666. The van der Waals surface area contributed by atoms with Crippen LogP contribution >= 0.6 is 0 Å². The molecule has 1 aromatic heterocycles. The van der Waals surface area contributed by atoms with Crippen LogP contribution in [0.4, 0.5) is 0 Å². The third kappa shape index (κ3) is 4.27. The molecule has 0 aliphatic heterocycles. The Morgan fingerprint density at radius 1 is 1.47 bits per heavy atom. The van der Waals surface area contributed by atoms with Gasteiger partial charge in [0.05, 0.1) is 12.8 Å². The van der Waals surface area contributed by atoms with Crippen molar-refractivity contribution >= 4 is 0 Å². The highest BCUT2D eigenvalue weighted by molar-refractivity contribution is 5.15. The van der Waals surface area contributed by atoms with E-state index < -0.39 is 0 Å². The number of ether oxygens (including phenoxy) is 1. The molecular formula is C11H19N3O. The molecule has 1 rings (SSSR count). The van der Waals surface area contributed by atoms with Crippen LogP contribution in [0.1, 0.15) is 12.1 Å². The van der Waals surface area contributed by atoms with Crippen LogP contribution in [-0.2, 0) is 6.54 Å². The Bertz CT molecular complexity index is 291. The van der Waals surface area contributed by atoms with E-state index in [4.69, 9.17) is 10.5 Å². The number of nitrogens with two attached hydrogens (primary N) is 1. The van der Waals surface area contributed by atoms with Crippen molar-refractivity contribution < 1.29 is 4.74 Å². The summed E-state index contributed by atoms with van der Waals surface area (Å²) in [5.41, 5.74) is 6.48. The fraction of sp³-hybridized carbons (Fsp3) is 0.545. The fourth-order valence-electron chi connectivity index (χ4n) is 1.38. The number of aromatic nitrogens is 1. The molecule has 0 saturated heterocycles. The Morgan fingerprint density at radius 2 is 2.27 bits per heavy atom. The summed E-state index contributed by atoms with van der Waals surface area (Å²) in [4.78, 5) is 6.55. The highest BCUT2D eigenvalue weighted by atomic mass is 16.5. The lowest BCUT2D eigenvalue weighted by Crippen LogP contribution is -2.21. The second kappa shape index (κ2) is 6.37. The first kappa shape index (κ1) is 11.9. The van der Waals surface area contributed by atoms with Crippen LogP contribution in [0.5, 0.6) is 5.88 Å². The molecular weight excluding hydrogens is 190 g/mol. The van der Waals surface area contributed by atoms with Crippen molar-refractivity contribution in [1.82, 2.24) is 9.88 Å². The maximum atomic E-state index is 5.45. The van der Waals surface area contributed by atoms with E-state index in [9.17, 15) is 0 Å². The molecule has 1 aromatic rings. The van der Waals surface area contributed by atoms with Crippen LogP contribution in [-0.4, -0.2) is 37.1 Å². The van der Waals surface area contributed by atoms with Crippen molar-refractivity contribution in [2.24, 2.45) is 5.73 Å². The molecule has 4 heteroatoms. The van der Waals surface area contributed by atoms with Gasteiger partial charge < -0.3 is 15.4 Å². The molecule has 84 valence electrons. The Kier molecular flexibility index (Phi) is 5.07. The average molecular weight is 209 g/mol. The van der Waals surface area contributed by atoms with E-state index in [1.54, 1.807) is 7.11 Å². The topological polar surface area (TPSA) is 51.4 Å². The average Bonchev–Trinajstić information content (AvgIpc) is 2.26. The van der Waals surface area contributed by atoms with Crippen LogP contribution in [0.15, 0.2) is 18.2 Å². The summed E-state index contributed by atoms with van der Waals surface area (Å²) in [6.07, 6.45) is 1.01. The predicted molar refractivity (Wildman–Crippen MR) is 60.8 cm³/mol. The first-order chi connectivity index (χ1) is 7.26. The van der Waals surface area contributed by atoms with Gasteiger partial charge in [0.1, 0.15) is 0 Å². The smallest absolute Gasteiger partial charge is 0.213 e. The van der Waals surface area contributed by atoms with Crippen LogP contribution in [0.2, 0.25) is 0 Å². The minimum Gasteiger partial charge on any atom is -0.481 e. The molecule has 0 saturated carbocycles. The van der Waals surface area contributed by atoms with Crippen molar-refractivity contribution in [3.8, 4) is 5.88 Å². The standard InChI is InChI=1S/C11H19N3O/c1-14(8-4-7-12)9-10-5-3-6-11(13-10)15-2/h3,5-6H,4,7-9,12H2,1-2H3. The zero-order valence-electron chi connectivity index (χ0n) is 9.44. The maximum Gasteiger partial charge on any atom is 0.213 e. The normalized spacial score (nSPS) is 10.7. The van der Waals surface area contributed by atoms with Gasteiger partial charge in [0.2, 0.25) is 5.88 Å². The van der Waals surface area contributed by atoms with E-state index in [0.29, 0.717) is 5.88 Å². The molecule has 0 bridgehead atoms. The van der Waals surface area contributed by atoms with Crippen LogP contribution in [0.3, 0.4) is 0 Å². The number of pyridine rings is 1. The molecule has 0 amide bonds. The SMILES string of the molecule is COc1cccc(CN(C)CCCN)n1. The number of hydrogen-bond donors (Lipinski definition) is 1. The Labute approximate surface area is 91.1 Å². The molecule has 0 unspecified atom stereocenters. The molecule has 0 aliphatic carbocycles. The van der Waals surface area contributed by atoms with Gasteiger partial charge in [0.15, 0.2) is 0 Å². The van der Waals surface area contributed by atoms with E-state index in [2.05, 4.69) is 16.9 Å². The number of hydrogen-bond acceptors (Lipinski definition) is 4. The lowest BCUT2D eigenvalue weighted by molar-refractivity contribution is 0.317. The van der Waals surface area contributed by atoms with Gasteiger partial charge >= 0.3 is 0 Å². The molecule has 2 N–H and O–H groups in total.